The van der Waals surface area contributed by atoms with Gasteiger partial charge >= 0.3 is 6.03 Å². The number of likely N-dealkylation sites (tertiary alicyclic amines) is 1. The Morgan fingerprint density at radius 2 is 2.43 bits per heavy atom. The van der Waals surface area contributed by atoms with Crippen LogP contribution in [0.3, 0.4) is 0 Å². The lowest BCUT2D eigenvalue weighted by molar-refractivity contribution is 0.00520. The van der Waals surface area contributed by atoms with Gasteiger partial charge < -0.3 is 20.5 Å². The van der Waals surface area contributed by atoms with E-state index < -0.39 is 0 Å². The summed E-state index contributed by atoms with van der Waals surface area (Å²) in [6, 6.07) is -0.375. The first-order valence-corrected chi connectivity index (χ1v) is 5.01. The van der Waals surface area contributed by atoms with Crippen LogP contribution in [-0.2, 0) is 4.74 Å². The summed E-state index contributed by atoms with van der Waals surface area (Å²) in [5.74, 6) is 0. The van der Waals surface area contributed by atoms with Crippen LogP contribution in [0.4, 0.5) is 4.79 Å². The molecule has 82 valence electrons. The number of hydrogen-bond donors (Lipinski definition) is 2. The largest absolute Gasteiger partial charge is 0.396 e. The minimum Gasteiger partial charge on any atom is -0.396 e. The van der Waals surface area contributed by atoms with Crippen LogP contribution in [0.1, 0.15) is 19.3 Å². The highest BCUT2D eigenvalue weighted by Crippen LogP contribution is 2.12. The highest BCUT2D eigenvalue weighted by Gasteiger charge is 2.22. The zero-order chi connectivity index (χ0) is 10.4. The lowest BCUT2D eigenvalue weighted by Gasteiger charge is -2.31. The Hall–Kier alpha value is -0.810. The summed E-state index contributed by atoms with van der Waals surface area (Å²) in [4.78, 5) is 12.5. The molecule has 1 rings (SSSR count). The van der Waals surface area contributed by atoms with Gasteiger partial charge in [-0.3, -0.25) is 0 Å². The summed E-state index contributed by atoms with van der Waals surface area (Å²) in [5, 5.41) is 8.57. The minimum atomic E-state index is -0.375. The summed E-state index contributed by atoms with van der Waals surface area (Å²) in [6.07, 6.45) is 2.64. The summed E-state index contributed by atoms with van der Waals surface area (Å²) >= 11 is 0. The number of primary amides is 1. The summed E-state index contributed by atoms with van der Waals surface area (Å²) in [6.45, 7) is 2.01. The molecule has 3 N–H and O–H groups in total. The number of carbonyl (C=O) groups is 1. The second-order valence-electron chi connectivity index (χ2n) is 3.50. The van der Waals surface area contributed by atoms with Gasteiger partial charge in [0.15, 0.2) is 0 Å². The fourth-order valence-electron chi connectivity index (χ4n) is 1.59. The van der Waals surface area contributed by atoms with Crippen molar-refractivity contribution >= 4 is 6.03 Å². The number of nitrogens with two attached hydrogens (primary N) is 1. The Kier molecular flexibility index (Phi) is 4.69. The Bertz CT molecular complexity index is 187. The molecule has 1 saturated heterocycles. The number of ether oxygens (including phenoxy) is 1. The SMILES string of the molecule is NC(=O)N1CCCC(OCCCO)C1. The van der Waals surface area contributed by atoms with E-state index in [2.05, 4.69) is 0 Å². The van der Waals surface area contributed by atoms with E-state index >= 15 is 0 Å². The number of amides is 2. The third-order valence-corrected chi connectivity index (χ3v) is 2.35. The fourth-order valence-corrected chi connectivity index (χ4v) is 1.59. The van der Waals surface area contributed by atoms with E-state index in [-0.39, 0.29) is 18.7 Å². The van der Waals surface area contributed by atoms with Gasteiger partial charge in [-0.25, -0.2) is 4.79 Å². The van der Waals surface area contributed by atoms with Gasteiger partial charge in [-0.05, 0) is 19.3 Å². The molecule has 5 heteroatoms. The van der Waals surface area contributed by atoms with Gasteiger partial charge in [-0.15, -0.1) is 0 Å². The third-order valence-electron chi connectivity index (χ3n) is 2.35. The maximum atomic E-state index is 10.9. The smallest absolute Gasteiger partial charge is 0.314 e. The van der Waals surface area contributed by atoms with Gasteiger partial charge in [0, 0.05) is 26.3 Å². The lowest BCUT2D eigenvalue weighted by Crippen LogP contribution is -2.45. The molecule has 0 saturated carbocycles. The molecule has 5 nitrogen and oxygen atoms in total. The lowest BCUT2D eigenvalue weighted by atomic mass is 10.1. The second kappa shape index (κ2) is 5.82. The Morgan fingerprint density at radius 1 is 1.64 bits per heavy atom. The molecule has 0 aromatic heterocycles. The molecule has 1 aliphatic heterocycles. The fraction of sp³-hybridized carbons (Fsp3) is 0.889. The minimum absolute atomic E-state index is 0.0859. The van der Waals surface area contributed by atoms with Crippen LogP contribution >= 0.6 is 0 Å². The molecule has 0 aromatic rings. The maximum Gasteiger partial charge on any atom is 0.314 e. The molecule has 1 heterocycles. The van der Waals surface area contributed by atoms with Crippen molar-refractivity contribution in [3.63, 3.8) is 0 Å². The van der Waals surface area contributed by atoms with Crippen LogP contribution in [0.15, 0.2) is 0 Å². The first-order valence-electron chi connectivity index (χ1n) is 5.01. The quantitative estimate of drug-likeness (QED) is 0.626. The monoisotopic (exact) mass is 202 g/mol. The van der Waals surface area contributed by atoms with E-state index in [1.54, 1.807) is 4.90 Å². The van der Waals surface area contributed by atoms with Crippen LogP contribution in [0.25, 0.3) is 0 Å². The molecule has 0 aromatic carbocycles. The number of nitrogens with zero attached hydrogens (tertiary/aromatic N) is 1. The number of rotatable bonds is 4. The summed E-state index contributed by atoms with van der Waals surface area (Å²) in [7, 11) is 0. The molecular weight excluding hydrogens is 184 g/mol. The molecule has 1 unspecified atom stereocenters. The van der Waals surface area contributed by atoms with Crippen molar-refractivity contribution in [1.29, 1.82) is 0 Å². The highest BCUT2D eigenvalue weighted by molar-refractivity contribution is 5.72. The van der Waals surface area contributed by atoms with E-state index in [1.807, 2.05) is 0 Å². The predicted octanol–water partition coefficient (Wildman–Crippen LogP) is -0.0715. The van der Waals surface area contributed by atoms with E-state index in [4.69, 9.17) is 15.6 Å². The van der Waals surface area contributed by atoms with E-state index in [0.29, 0.717) is 19.6 Å². The Balaban J connectivity index is 2.22. The molecule has 1 fully saturated rings. The van der Waals surface area contributed by atoms with Crippen molar-refractivity contribution in [3.8, 4) is 0 Å². The molecule has 0 aliphatic carbocycles. The van der Waals surface area contributed by atoms with Gasteiger partial charge in [0.05, 0.1) is 6.10 Å². The number of carbonyl (C=O) groups excluding carboxylic acids is 1. The van der Waals surface area contributed by atoms with Crippen molar-refractivity contribution in [2.24, 2.45) is 5.73 Å². The highest BCUT2D eigenvalue weighted by atomic mass is 16.5. The zero-order valence-corrected chi connectivity index (χ0v) is 8.32. The normalized spacial score (nSPS) is 22.4. The van der Waals surface area contributed by atoms with Crippen molar-refractivity contribution in [2.45, 2.75) is 25.4 Å². The third kappa shape index (κ3) is 3.51. The predicted molar refractivity (Wildman–Crippen MR) is 51.8 cm³/mol. The van der Waals surface area contributed by atoms with Crippen molar-refractivity contribution in [3.05, 3.63) is 0 Å². The van der Waals surface area contributed by atoms with Gasteiger partial charge in [-0.1, -0.05) is 0 Å². The van der Waals surface area contributed by atoms with Gasteiger partial charge in [-0.2, -0.15) is 0 Å². The molecule has 1 aliphatic rings. The molecule has 0 radical (unpaired) electrons. The van der Waals surface area contributed by atoms with Crippen LogP contribution in [0.5, 0.6) is 0 Å². The van der Waals surface area contributed by atoms with Gasteiger partial charge in [0.1, 0.15) is 0 Å². The van der Waals surface area contributed by atoms with Crippen LogP contribution in [0, 0.1) is 0 Å². The van der Waals surface area contributed by atoms with E-state index in [0.717, 1.165) is 19.4 Å². The zero-order valence-electron chi connectivity index (χ0n) is 8.32. The molecule has 2 amide bonds. The van der Waals surface area contributed by atoms with Crippen LogP contribution in [-0.4, -0.2) is 48.4 Å². The average Bonchev–Trinajstić information content (AvgIpc) is 2.19. The Labute approximate surface area is 83.8 Å². The van der Waals surface area contributed by atoms with Crippen molar-refractivity contribution in [1.82, 2.24) is 4.90 Å². The molecule has 14 heavy (non-hydrogen) atoms. The Morgan fingerprint density at radius 3 is 3.07 bits per heavy atom. The molecule has 1 atom stereocenters. The van der Waals surface area contributed by atoms with E-state index in [9.17, 15) is 4.79 Å². The van der Waals surface area contributed by atoms with Gasteiger partial charge in [0.25, 0.3) is 0 Å². The maximum absolute atomic E-state index is 10.9. The van der Waals surface area contributed by atoms with Crippen LogP contribution in [0.2, 0.25) is 0 Å². The molecule has 0 spiro atoms. The van der Waals surface area contributed by atoms with Crippen molar-refractivity contribution in [2.75, 3.05) is 26.3 Å². The second-order valence-corrected chi connectivity index (χ2v) is 3.50. The first-order chi connectivity index (χ1) is 6.74. The molecular formula is C9H18N2O3. The number of aliphatic hydroxyl groups is 1. The standard InChI is InChI=1S/C9H18N2O3/c10-9(13)11-4-1-3-8(7-11)14-6-2-5-12/h8,12H,1-7H2,(H2,10,13). The van der Waals surface area contributed by atoms with Gasteiger partial charge in [0.2, 0.25) is 0 Å². The van der Waals surface area contributed by atoms with E-state index in [1.165, 1.54) is 0 Å². The number of hydrogen-bond acceptors (Lipinski definition) is 3. The first kappa shape index (κ1) is 11.3. The summed E-state index contributed by atoms with van der Waals surface area (Å²) < 4.78 is 5.49. The topological polar surface area (TPSA) is 75.8 Å². The molecule has 0 bridgehead atoms. The number of urea groups is 1. The van der Waals surface area contributed by atoms with Crippen molar-refractivity contribution < 1.29 is 14.6 Å². The number of aliphatic hydroxyl groups excluding tert-OH is 1. The summed E-state index contributed by atoms with van der Waals surface area (Å²) in [5.41, 5.74) is 5.18. The number of piperidine rings is 1. The average molecular weight is 202 g/mol. The van der Waals surface area contributed by atoms with Crippen LogP contribution < -0.4 is 5.73 Å².